The number of esters is 1. The molecule has 2 aliphatic heterocycles. The number of aromatic nitrogens is 2. The minimum atomic E-state index is -0.436. The molecule has 2 amide bonds. The lowest BCUT2D eigenvalue weighted by Gasteiger charge is -2.36. The first-order chi connectivity index (χ1) is 16.9. The second kappa shape index (κ2) is 10.6. The van der Waals surface area contributed by atoms with E-state index >= 15 is 0 Å². The molecule has 0 saturated carbocycles. The number of aryl methyl sites for hydroxylation is 1. The van der Waals surface area contributed by atoms with E-state index < -0.39 is 5.97 Å². The van der Waals surface area contributed by atoms with Gasteiger partial charge in [0.25, 0.3) is 11.8 Å². The van der Waals surface area contributed by atoms with Crippen molar-refractivity contribution >= 4 is 17.8 Å². The van der Waals surface area contributed by atoms with Crippen molar-refractivity contribution in [3.8, 4) is 0 Å². The SMILES string of the molecule is CCc1nn(C[C@@H](C)COC(=O)c2ccc(C(=O)NC)cc2)c2c1C(=O)NCC1(CCOCC1)C2. The minimum Gasteiger partial charge on any atom is -0.462 e. The molecule has 1 atom stereocenters. The molecule has 1 saturated heterocycles. The Morgan fingerprint density at radius 2 is 1.91 bits per heavy atom. The van der Waals surface area contributed by atoms with Crippen LogP contribution in [0.5, 0.6) is 0 Å². The first-order valence-corrected chi connectivity index (χ1v) is 12.3. The second-order valence-corrected chi connectivity index (χ2v) is 9.64. The highest BCUT2D eigenvalue weighted by atomic mass is 16.5. The molecule has 0 bridgehead atoms. The Morgan fingerprint density at radius 1 is 1.23 bits per heavy atom. The normalized spacial score (nSPS) is 17.7. The molecule has 188 valence electrons. The monoisotopic (exact) mass is 482 g/mol. The van der Waals surface area contributed by atoms with Gasteiger partial charge < -0.3 is 20.1 Å². The van der Waals surface area contributed by atoms with E-state index in [1.165, 1.54) is 0 Å². The van der Waals surface area contributed by atoms with Crippen molar-refractivity contribution in [2.45, 2.75) is 46.1 Å². The third-order valence-corrected chi connectivity index (χ3v) is 7.01. The standard InChI is InChI=1S/C26H34N4O5/c1-4-20-22-21(13-26(16-28-24(22)32)9-11-34-12-10-26)30(29-20)14-17(2)15-35-25(33)19-7-5-18(6-8-19)23(31)27-3/h5-8,17H,4,9-16H2,1-3H3,(H,27,31)(H,28,32)/t17-/m1/s1. The van der Waals surface area contributed by atoms with Gasteiger partial charge in [0.2, 0.25) is 0 Å². The van der Waals surface area contributed by atoms with Crippen LogP contribution in [0.1, 0.15) is 69.2 Å². The highest BCUT2D eigenvalue weighted by Crippen LogP contribution is 2.37. The minimum absolute atomic E-state index is 0.00486. The number of nitrogens with zero attached hydrogens (tertiary/aromatic N) is 2. The molecule has 0 radical (unpaired) electrons. The summed E-state index contributed by atoms with van der Waals surface area (Å²) >= 11 is 0. The molecular weight excluding hydrogens is 448 g/mol. The van der Waals surface area contributed by atoms with Gasteiger partial charge in [-0.2, -0.15) is 5.10 Å². The number of rotatable bonds is 7. The van der Waals surface area contributed by atoms with Crippen molar-refractivity contribution in [2.75, 3.05) is 33.4 Å². The number of amides is 2. The molecule has 35 heavy (non-hydrogen) atoms. The van der Waals surface area contributed by atoms with Crippen LogP contribution < -0.4 is 10.6 Å². The molecule has 1 aromatic carbocycles. The highest BCUT2D eigenvalue weighted by molar-refractivity contribution is 5.97. The second-order valence-electron chi connectivity index (χ2n) is 9.64. The maximum atomic E-state index is 13.0. The van der Waals surface area contributed by atoms with E-state index in [0.29, 0.717) is 49.4 Å². The summed E-state index contributed by atoms with van der Waals surface area (Å²) < 4.78 is 13.1. The van der Waals surface area contributed by atoms with E-state index in [2.05, 4.69) is 10.6 Å². The van der Waals surface area contributed by atoms with Gasteiger partial charge in [-0.25, -0.2) is 4.79 Å². The van der Waals surface area contributed by atoms with Gasteiger partial charge in [0, 0.05) is 44.8 Å². The maximum absolute atomic E-state index is 13.0. The number of benzene rings is 1. The Hall–Kier alpha value is -3.20. The maximum Gasteiger partial charge on any atom is 0.338 e. The predicted octanol–water partition coefficient (Wildman–Crippen LogP) is 2.38. The van der Waals surface area contributed by atoms with E-state index in [1.54, 1.807) is 31.3 Å². The number of ether oxygens (including phenoxy) is 2. The average molecular weight is 483 g/mol. The van der Waals surface area contributed by atoms with Crippen LogP contribution in [-0.2, 0) is 28.9 Å². The van der Waals surface area contributed by atoms with Crippen molar-refractivity contribution in [2.24, 2.45) is 11.3 Å². The lowest BCUT2D eigenvalue weighted by molar-refractivity contribution is 0.0151. The molecular formula is C26H34N4O5. The molecule has 3 heterocycles. The molecule has 1 aromatic heterocycles. The summed E-state index contributed by atoms with van der Waals surface area (Å²) in [6, 6.07) is 6.37. The van der Waals surface area contributed by atoms with Crippen LogP contribution in [0, 0.1) is 11.3 Å². The van der Waals surface area contributed by atoms with Crippen LogP contribution in [0.25, 0.3) is 0 Å². The Morgan fingerprint density at radius 3 is 2.57 bits per heavy atom. The Labute approximate surface area is 205 Å². The highest BCUT2D eigenvalue weighted by Gasteiger charge is 2.39. The molecule has 2 N–H and O–H groups in total. The Kier molecular flexibility index (Phi) is 7.54. The van der Waals surface area contributed by atoms with Gasteiger partial charge in [-0.1, -0.05) is 13.8 Å². The van der Waals surface area contributed by atoms with Crippen molar-refractivity contribution < 1.29 is 23.9 Å². The van der Waals surface area contributed by atoms with Crippen LogP contribution in [0.4, 0.5) is 0 Å². The fourth-order valence-corrected chi connectivity index (χ4v) is 4.87. The van der Waals surface area contributed by atoms with E-state index in [4.69, 9.17) is 14.6 Å². The quantitative estimate of drug-likeness (QED) is 0.586. The van der Waals surface area contributed by atoms with Crippen molar-refractivity contribution in [3.63, 3.8) is 0 Å². The summed E-state index contributed by atoms with van der Waals surface area (Å²) in [5.74, 6) is -0.700. The fourth-order valence-electron chi connectivity index (χ4n) is 4.87. The lowest BCUT2D eigenvalue weighted by atomic mass is 9.76. The van der Waals surface area contributed by atoms with E-state index in [1.807, 2.05) is 18.5 Å². The summed E-state index contributed by atoms with van der Waals surface area (Å²) in [6.07, 6.45) is 3.27. The number of carbonyl (C=O) groups is 3. The zero-order valence-corrected chi connectivity index (χ0v) is 20.7. The largest absolute Gasteiger partial charge is 0.462 e. The summed E-state index contributed by atoms with van der Waals surface area (Å²) in [5, 5.41) is 10.5. The van der Waals surface area contributed by atoms with Crippen LogP contribution in [-0.4, -0.2) is 61.0 Å². The Bertz CT molecular complexity index is 1090. The van der Waals surface area contributed by atoms with Gasteiger partial charge in [-0.05, 0) is 55.4 Å². The fraction of sp³-hybridized carbons (Fsp3) is 0.538. The van der Waals surface area contributed by atoms with E-state index in [0.717, 1.165) is 30.7 Å². The summed E-state index contributed by atoms with van der Waals surface area (Å²) in [6.45, 7) is 6.84. The number of nitrogens with one attached hydrogen (secondary N) is 2. The molecule has 1 fully saturated rings. The average Bonchev–Trinajstić information content (AvgIpc) is 3.15. The number of fused-ring (bicyclic) bond motifs is 1. The Balaban J connectivity index is 1.45. The summed E-state index contributed by atoms with van der Waals surface area (Å²) in [5.41, 5.74) is 3.34. The van der Waals surface area contributed by atoms with Gasteiger partial charge >= 0.3 is 5.97 Å². The topological polar surface area (TPSA) is 112 Å². The number of carbonyl (C=O) groups excluding carboxylic acids is 3. The molecule has 1 spiro atoms. The van der Waals surface area contributed by atoms with Gasteiger partial charge in [-0.3, -0.25) is 14.3 Å². The van der Waals surface area contributed by atoms with Crippen LogP contribution >= 0.6 is 0 Å². The van der Waals surface area contributed by atoms with Crippen LogP contribution in [0.2, 0.25) is 0 Å². The number of hydrogen-bond acceptors (Lipinski definition) is 6. The van der Waals surface area contributed by atoms with Crippen molar-refractivity contribution in [1.29, 1.82) is 0 Å². The summed E-state index contributed by atoms with van der Waals surface area (Å²) in [4.78, 5) is 37.2. The smallest absolute Gasteiger partial charge is 0.338 e. The summed E-state index contributed by atoms with van der Waals surface area (Å²) in [7, 11) is 1.56. The van der Waals surface area contributed by atoms with Crippen LogP contribution in [0.15, 0.2) is 24.3 Å². The number of hydrogen-bond donors (Lipinski definition) is 2. The van der Waals surface area contributed by atoms with Gasteiger partial charge in [0.05, 0.1) is 29.1 Å². The molecule has 9 heteroatoms. The molecule has 4 rings (SSSR count). The molecule has 0 aliphatic carbocycles. The zero-order valence-electron chi connectivity index (χ0n) is 20.7. The van der Waals surface area contributed by atoms with Gasteiger partial charge in [-0.15, -0.1) is 0 Å². The van der Waals surface area contributed by atoms with Gasteiger partial charge in [0.15, 0.2) is 0 Å². The zero-order chi connectivity index (χ0) is 25.0. The molecule has 9 nitrogen and oxygen atoms in total. The van der Waals surface area contributed by atoms with Gasteiger partial charge in [0.1, 0.15) is 0 Å². The first-order valence-electron chi connectivity index (χ1n) is 12.3. The first kappa shape index (κ1) is 24.9. The van der Waals surface area contributed by atoms with Crippen LogP contribution in [0.3, 0.4) is 0 Å². The molecule has 2 aliphatic rings. The third kappa shape index (κ3) is 5.40. The predicted molar refractivity (Wildman–Crippen MR) is 129 cm³/mol. The lowest BCUT2D eigenvalue weighted by Crippen LogP contribution is -2.41. The van der Waals surface area contributed by atoms with E-state index in [-0.39, 0.29) is 29.8 Å². The van der Waals surface area contributed by atoms with Crippen molar-refractivity contribution in [1.82, 2.24) is 20.4 Å². The molecule has 0 unspecified atom stereocenters. The molecule has 2 aromatic rings. The van der Waals surface area contributed by atoms with Crippen molar-refractivity contribution in [3.05, 3.63) is 52.3 Å². The van der Waals surface area contributed by atoms with E-state index in [9.17, 15) is 14.4 Å². The third-order valence-electron chi connectivity index (χ3n) is 7.01.